The maximum atomic E-state index is 13.0. The molecule has 148 valence electrons. The van der Waals surface area contributed by atoms with E-state index in [9.17, 15) is 4.79 Å². The molecule has 1 N–H and O–H groups in total. The van der Waals surface area contributed by atoms with Crippen LogP contribution in [-0.4, -0.2) is 44.0 Å². The summed E-state index contributed by atoms with van der Waals surface area (Å²) >= 11 is 0. The number of carbonyl (C=O) groups is 1. The summed E-state index contributed by atoms with van der Waals surface area (Å²) in [4.78, 5) is 17.8. The van der Waals surface area contributed by atoms with Crippen LogP contribution in [0.15, 0.2) is 78.9 Å². The third-order valence-corrected chi connectivity index (χ3v) is 5.53. The molecular weight excluding hydrogens is 358 g/mol. The lowest BCUT2D eigenvalue weighted by atomic mass is 9.99. The van der Waals surface area contributed by atoms with Crippen LogP contribution in [0, 0.1) is 0 Å². The lowest BCUT2D eigenvalue weighted by molar-refractivity contribution is 0.0951. The van der Waals surface area contributed by atoms with Gasteiger partial charge in [0.2, 0.25) is 0 Å². The fourth-order valence-corrected chi connectivity index (χ4v) is 3.84. The van der Waals surface area contributed by atoms with Gasteiger partial charge >= 0.3 is 0 Å². The Morgan fingerprint density at radius 1 is 0.828 bits per heavy atom. The molecule has 3 aromatic carbocycles. The molecule has 0 unspecified atom stereocenters. The maximum Gasteiger partial charge on any atom is 0.252 e. The van der Waals surface area contributed by atoms with E-state index in [1.807, 2.05) is 60.7 Å². The van der Waals surface area contributed by atoms with Crippen LogP contribution >= 0.6 is 0 Å². The first-order valence-electron chi connectivity index (χ1n) is 10.2. The summed E-state index contributed by atoms with van der Waals surface area (Å²) in [6.07, 6.45) is 0. The van der Waals surface area contributed by atoms with Crippen molar-refractivity contribution in [1.29, 1.82) is 0 Å². The molecule has 0 aliphatic carbocycles. The highest BCUT2D eigenvalue weighted by molar-refractivity contribution is 6.00. The number of rotatable bonds is 5. The number of para-hydroxylation sites is 1. The molecule has 0 radical (unpaired) electrons. The second kappa shape index (κ2) is 8.93. The summed E-state index contributed by atoms with van der Waals surface area (Å²) < 4.78 is 0. The third kappa shape index (κ3) is 4.49. The van der Waals surface area contributed by atoms with E-state index in [2.05, 4.69) is 40.4 Å². The Morgan fingerprint density at radius 2 is 1.48 bits per heavy atom. The van der Waals surface area contributed by atoms with Gasteiger partial charge in [0.15, 0.2) is 0 Å². The molecule has 1 fully saturated rings. The van der Waals surface area contributed by atoms with Crippen LogP contribution in [-0.2, 0) is 6.54 Å². The zero-order valence-electron chi connectivity index (χ0n) is 16.8. The fraction of sp³-hybridized carbons (Fsp3) is 0.240. The number of hydrogen-bond donors (Lipinski definition) is 1. The van der Waals surface area contributed by atoms with Crippen LogP contribution in [0.4, 0.5) is 5.69 Å². The minimum atomic E-state index is -0.0439. The van der Waals surface area contributed by atoms with Crippen LogP contribution in [0.5, 0.6) is 0 Å². The molecule has 1 heterocycles. The zero-order valence-corrected chi connectivity index (χ0v) is 16.8. The van der Waals surface area contributed by atoms with Crippen LogP contribution in [0.3, 0.4) is 0 Å². The minimum absolute atomic E-state index is 0.0439. The first-order chi connectivity index (χ1) is 14.2. The third-order valence-electron chi connectivity index (χ3n) is 5.53. The highest BCUT2D eigenvalue weighted by Gasteiger charge is 2.18. The number of nitrogens with zero attached hydrogens (tertiary/aromatic N) is 2. The van der Waals surface area contributed by atoms with Gasteiger partial charge in [-0.3, -0.25) is 4.79 Å². The maximum absolute atomic E-state index is 13.0. The van der Waals surface area contributed by atoms with E-state index in [0.29, 0.717) is 12.1 Å². The SMILES string of the molecule is CN1CCN(c2ccccc2CNC(=O)c2ccccc2-c2ccccc2)CC1. The standard InChI is InChI=1S/C25H27N3O/c1-27-15-17-28(18-16-27)24-14-8-5-11-21(24)19-26-25(29)23-13-7-6-12-22(23)20-9-3-2-4-10-20/h2-14H,15-19H2,1H3,(H,26,29). The van der Waals surface area contributed by atoms with Gasteiger partial charge in [0, 0.05) is 44.0 Å². The molecular formula is C25H27N3O. The second-order valence-corrected chi connectivity index (χ2v) is 7.51. The van der Waals surface area contributed by atoms with Crippen molar-refractivity contribution in [3.8, 4) is 11.1 Å². The Balaban J connectivity index is 1.51. The van der Waals surface area contributed by atoms with E-state index in [-0.39, 0.29) is 5.91 Å². The molecule has 0 saturated carbocycles. The lowest BCUT2D eigenvalue weighted by Crippen LogP contribution is -2.45. The van der Waals surface area contributed by atoms with E-state index >= 15 is 0 Å². The van der Waals surface area contributed by atoms with Gasteiger partial charge in [-0.25, -0.2) is 0 Å². The van der Waals surface area contributed by atoms with Crippen LogP contribution < -0.4 is 10.2 Å². The molecule has 29 heavy (non-hydrogen) atoms. The first-order valence-corrected chi connectivity index (χ1v) is 10.2. The van der Waals surface area contributed by atoms with E-state index < -0.39 is 0 Å². The van der Waals surface area contributed by atoms with Crippen molar-refractivity contribution >= 4 is 11.6 Å². The van der Waals surface area contributed by atoms with Gasteiger partial charge in [-0.2, -0.15) is 0 Å². The summed E-state index contributed by atoms with van der Waals surface area (Å²) in [6.45, 7) is 4.66. The minimum Gasteiger partial charge on any atom is -0.369 e. The largest absolute Gasteiger partial charge is 0.369 e. The number of benzene rings is 3. The van der Waals surface area contributed by atoms with Crippen LogP contribution in [0.2, 0.25) is 0 Å². The Morgan fingerprint density at radius 3 is 2.28 bits per heavy atom. The molecule has 0 spiro atoms. The van der Waals surface area contributed by atoms with Crippen molar-refractivity contribution < 1.29 is 4.79 Å². The van der Waals surface area contributed by atoms with Gasteiger partial charge in [-0.15, -0.1) is 0 Å². The average molecular weight is 386 g/mol. The summed E-state index contributed by atoms with van der Waals surface area (Å²) in [5, 5.41) is 3.14. The molecule has 4 heteroatoms. The predicted molar refractivity (Wildman–Crippen MR) is 119 cm³/mol. The van der Waals surface area contributed by atoms with Gasteiger partial charge in [-0.05, 0) is 35.9 Å². The van der Waals surface area contributed by atoms with Crippen LogP contribution in [0.25, 0.3) is 11.1 Å². The molecule has 4 rings (SSSR count). The summed E-state index contributed by atoms with van der Waals surface area (Å²) in [5.41, 5.74) is 5.09. The summed E-state index contributed by atoms with van der Waals surface area (Å²) in [6, 6.07) is 26.2. The quantitative estimate of drug-likeness (QED) is 0.720. The number of likely N-dealkylation sites (N-methyl/N-ethyl adjacent to an activating group) is 1. The number of carbonyl (C=O) groups excluding carboxylic acids is 1. The van der Waals surface area contributed by atoms with E-state index in [0.717, 1.165) is 42.9 Å². The number of anilines is 1. The van der Waals surface area contributed by atoms with Gasteiger partial charge in [0.25, 0.3) is 5.91 Å². The van der Waals surface area contributed by atoms with Crippen molar-refractivity contribution in [1.82, 2.24) is 10.2 Å². The predicted octanol–water partition coefficient (Wildman–Crippen LogP) is 4.04. The van der Waals surface area contributed by atoms with E-state index in [4.69, 9.17) is 0 Å². The van der Waals surface area contributed by atoms with Crippen molar-refractivity contribution in [3.05, 3.63) is 90.0 Å². The normalized spacial score (nSPS) is 14.6. The summed E-state index contributed by atoms with van der Waals surface area (Å²) in [5.74, 6) is -0.0439. The van der Waals surface area contributed by atoms with E-state index in [1.165, 1.54) is 5.69 Å². The monoisotopic (exact) mass is 385 g/mol. The summed E-state index contributed by atoms with van der Waals surface area (Å²) in [7, 11) is 2.16. The number of hydrogen-bond acceptors (Lipinski definition) is 3. The zero-order chi connectivity index (χ0) is 20.1. The Labute approximate surface area is 172 Å². The van der Waals surface area contributed by atoms with E-state index in [1.54, 1.807) is 0 Å². The average Bonchev–Trinajstić information content (AvgIpc) is 2.79. The number of piperazine rings is 1. The molecule has 1 aliphatic heterocycles. The molecule has 1 amide bonds. The molecule has 0 bridgehead atoms. The highest BCUT2D eigenvalue weighted by Crippen LogP contribution is 2.24. The van der Waals surface area contributed by atoms with Crippen molar-refractivity contribution in [2.75, 3.05) is 38.1 Å². The topological polar surface area (TPSA) is 35.6 Å². The van der Waals surface area contributed by atoms with Crippen molar-refractivity contribution in [3.63, 3.8) is 0 Å². The smallest absolute Gasteiger partial charge is 0.252 e. The van der Waals surface area contributed by atoms with Gasteiger partial charge < -0.3 is 15.1 Å². The Hall–Kier alpha value is -3.11. The Kier molecular flexibility index (Phi) is 5.92. The Bertz CT molecular complexity index is 963. The van der Waals surface area contributed by atoms with Gasteiger partial charge in [0.05, 0.1) is 0 Å². The number of nitrogens with one attached hydrogen (secondary N) is 1. The highest BCUT2D eigenvalue weighted by atomic mass is 16.1. The molecule has 0 aromatic heterocycles. The second-order valence-electron chi connectivity index (χ2n) is 7.51. The molecule has 3 aromatic rings. The lowest BCUT2D eigenvalue weighted by Gasteiger charge is -2.35. The molecule has 4 nitrogen and oxygen atoms in total. The molecule has 0 atom stereocenters. The van der Waals surface area contributed by atoms with Crippen molar-refractivity contribution in [2.24, 2.45) is 0 Å². The van der Waals surface area contributed by atoms with Crippen LogP contribution in [0.1, 0.15) is 15.9 Å². The van der Waals surface area contributed by atoms with Crippen molar-refractivity contribution in [2.45, 2.75) is 6.54 Å². The molecule has 1 aliphatic rings. The van der Waals surface area contributed by atoms with Gasteiger partial charge in [0.1, 0.15) is 0 Å². The fourth-order valence-electron chi connectivity index (χ4n) is 3.84. The molecule has 1 saturated heterocycles. The number of amides is 1. The van der Waals surface area contributed by atoms with Gasteiger partial charge in [-0.1, -0.05) is 66.7 Å². The first kappa shape index (κ1) is 19.2.